The Hall–Kier alpha value is -0.980. The fourth-order valence-corrected chi connectivity index (χ4v) is 3.32. The van der Waals surface area contributed by atoms with Crippen molar-refractivity contribution < 1.29 is 17.9 Å². The molecule has 0 saturated heterocycles. The van der Waals surface area contributed by atoms with Gasteiger partial charge in [0.15, 0.2) is 0 Å². The van der Waals surface area contributed by atoms with Crippen LogP contribution in [0.5, 0.6) is 0 Å². The molecule has 0 spiro atoms. The number of rotatable bonds is 6. The van der Waals surface area contributed by atoms with E-state index in [1.54, 1.807) is 6.92 Å². The molecule has 0 amide bonds. The van der Waals surface area contributed by atoms with Crippen LogP contribution in [0, 0.1) is 18.7 Å². The van der Waals surface area contributed by atoms with Gasteiger partial charge in [-0.05, 0) is 55.9 Å². The standard InChI is InChI=1S/C13H18FNO3S/c1-9-8-11(14)4-5-13(9)19(17,18)15-7-6-12(16)10-2-3-10/h4-5,8,10,12,15-16H,2-3,6-7H2,1H3. The van der Waals surface area contributed by atoms with Crippen LogP contribution in [0.4, 0.5) is 4.39 Å². The molecule has 0 radical (unpaired) electrons. The zero-order chi connectivity index (χ0) is 14.0. The minimum Gasteiger partial charge on any atom is -0.393 e. The highest BCUT2D eigenvalue weighted by Crippen LogP contribution is 2.33. The highest BCUT2D eigenvalue weighted by Gasteiger charge is 2.29. The Morgan fingerprint density at radius 2 is 2.16 bits per heavy atom. The smallest absolute Gasteiger partial charge is 0.240 e. The molecule has 0 heterocycles. The van der Waals surface area contributed by atoms with Gasteiger partial charge in [0.25, 0.3) is 0 Å². The van der Waals surface area contributed by atoms with Crippen molar-refractivity contribution in [1.29, 1.82) is 0 Å². The average molecular weight is 287 g/mol. The molecule has 1 fully saturated rings. The van der Waals surface area contributed by atoms with E-state index in [1.165, 1.54) is 12.1 Å². The molecule has 0 aromatic heterocycles. The van der Waals surface area contributed by atoms with Crippen LogP contribution in [0.25, 0.3) is 0 Å². The summed E-state index contributed by atoms with van der Waals surface area (Å²) in [4.78, 5) is 0.0785. The van der Waals surface area contributed by atoms with E-state index in [-0.39, 0.29) is 11.4 Å². The molecule has 1 aromatic rings. The maximum absolute atomic E-state index is 12.9. The second-order valence-electron chi connectivity index (χ2n) is 5.00. The van der Waals surface area contributed by atoms with Gasteiger partial charge in [0.05, 0.1) is 11.0 Å². The topological polar surface area (TPSA) is 66.4 Å². The lowest BCUT2D eigenvalue weighted by molar-refractivity contribution is 0.143. The average Bonchev–Trinajstić information content (AvgIpc) is 3.11. The van der Waals surface area contributed by atoms with Crippen LogP contribution >= 0.6 is 0 Å². The summed E-state index contributed by atoms with van der Waals surface area (Å²) in [7, 11) is -3.64. The van der Waals surface area contributed by atoms with Crippen LogP contribution in [0.1, 0.15) is 24.8 Å². The number of hydrogen-bond acceptors (Lipinski definition) is 3. The third kappa shape index (κ3) is 3.75. The van der Waals surface area contributed by atoms with Crippen molar-refractivity contribution in [2.24, 2.45) is 5.92 Å². The number of nitrogens with one attached hydrogen (secondary N) is 1. The fraction of sp³-hybridized carbons (Fsp3) is 0.538. The molecule has 0 bridgehead atoms. The van der Waals surface area contributed by atoms with E-state index < -0.39 is 21.9 Å². The van der Waals surface area contributed by atoms with Crippen molar-refractivity contribution in [2.45, 2.75) is 37.2 Å². The number of halogens is 1. The van der Waals surface area contributed by atoms with Crippen LogP contribution < -0.4 is 4.72 Å². The summed E-state index contributed by atoms with van der Waals surface area (Å²) in [5.74, 6) is -0.127. The van der Waals surface area contributed by atoms with E-state index >= 15 is 0 Å². The molecule has 2 N–H and O–H groups in total. The van der Waals surface area contributed by atoms with Crippen molar-refractivity contribution in [2.75, 3.05) is 6.54 Å². The third-order valence-electron chi connectivity index (χ3n) is 3.32. The SMILES string of the molecule is Cc1cc(F)ccc1S(=O)(=O)NCCC(O)C1CC1. The van der Waals surface area contributed by atoms with Gasteiger partial charge in [0.1, 0.15) is 5.82 Å². The van der Waals surface area contributed by atoms with Gasteiger partial charge in [0, 0.05) is 6.54 Å². The third-order valence-corrected chi connectivity index (χ3v) is 4.95. The summed E-state index contributed by atoms with van der Waals surface area (Å²) in [5.41, 5.74) is 0.371. The monoisotopic (exact) mass is 287 g/mol. The predicted molar refractivity (Wildman–Crippen MR) is 69.7 cm³/mol. The van der Waals surface area contributed by atoms with Gasteiger partial charge < -0.3 is 5.11 Å². The van der Waals surface area contributed by atoms with Crippen molar-refractivity contribution in [3.8, 4) is 0 Å². The summed E-state index contributed by atoms with van der Waals surface area (Å²) < 4.78 is 39.4. The molecule has 6 heteroatoms. The molecule has 1 saturated carbocycles. The first-order chi connectivity index (χ1) is 8.90. The van der Waals surface area contributed by atoms with Crippen LogP contribution in [0.3, 0.4) is 0 Å². The van der Waals surface area contributed by atoms with Crippen LogP contribution in [-0.2, 0) is 10.0 Å². The van der Waals surface area contributed by atoms with Crippen molar-refractivity contribution >= 4 is 10.0 Å². The number of sulfonamides is 1. The molecule has 106 valence electrons. The highest BCUT2D eigenvalue weighted by atomic mass is 32.2. The highest BCUT2D eigenvalue weighted by molar-refractivity contribution is 7.89. The maximum atomic E-state index is 12.9. The second-order valence-corrected chi connectivity index (χ2v) is 6.74. The Kier molecular flexibility index (Phi) is 4.23. The maximum Gasteiger partial charge on any atom is 0.240 e. The Morgan fingerprint density at radius 3 is 2.74 bits per heavy atom. The summed E-state index contributed by atoms with van der Waals surface area (Å²) in [6.45, 7) is 1.74. The first-order valence-electron chi connectivity index (χ1n) is 6.34. The van der Waals surface area contributed by atoms with Crippen LogP contribution in [0.2, 0.25) is 0 Å². The van der Waals surface area contributed by atoms with Gasteiger partial charge in [-0.2, -0.15) is 0 Å². The summed E-state index contributed by atoms with van der Waals surface area (Å²) in [6.07, 6.45) is 2.01. The van der Waals surface area contributed by atoms with E-state index in [4.69, 9.17) is 0 Å². The first kappa shape index (κ1) is 14.4. The van der Waals surface area contributed by atoms with Gasteiger partial charge in [0.2, 0.25) is 10.0 Å². The molecular weight excluding hydrogens is 269 g/mol. The summed E-state index contributed by atoms with van der Waals surface area (Å²) in [5, 5.41) is 9.66. The number of aliphatic hydroxyl groups is 1. The largest absolute Gasteiger partial charge is 0.393 e. The van der Waals surface area contributed by atoms with Gasteiger partial charge in [-0.1, -0.05) is 0 Å². The fourth-order valence-electron chi connectivity index (χ4n) is 2.05. The van der Waals surface area contributed by atoms with E-state index in [0.29, 0.717) is 17.9 Å². The zero-order valence-corrected chi connectivity index (χ0v) is 11.6. The molecule has 1 aliphatic carbocycles. The number of aliphatic hydroxyl groups excluding tert-OH is 1. The summed E-state index contributed by atoms with van der Waals surface area (Å²) in [6, 6.07) is 3.57. The lowest BCUT2D eigenvalue weighted by Crippen LogP contribution is -2.28. The molecule has 1 aromatic carbocycles. The second kappa shape index (κ2) is 5.56. The van der Waals surface area contributed by atoms with E-state index in [1.807, 2.05) is 0 Å². The van der Waals surface area contributed by atoms with E-state index in [9.17, 15) is 17.9 Å². The normalized spacial score (nSPS) is 17.4. The lowest BCUT2D eigenvalue weighted by Gasteiger charge is -2.11. The first-order valence-corrected chi connectivity index (χ1v) is 7.82. The number of benzene rings is 1. The Balaban J connectivity index is 1.97. The van der Waals surface area contributed by atoms with Crippen LogP contribution in [0.15, 0.2) is 23.1 Å². The van der Waals surface area contributed by atoms with Crippen LogP contribution in [-0.4, -0.2) is 26.2 Å². The van der Waals surface area contributed by atoms with Crippen molar-refractivity contribution in [1.82, 2.24) is 4.72 Å². The lowest BCUT2D eigenvalue weighted by atomic mass is 10.2. The van der Waals surface area contributed by atoms with Gasteiger partial charge >= 0.3 is 0 Å². The minimum absolute atomic E-state index is 0.0785. The molecular formula is C13H18FNO3S. The molecule has 4 nitrogen and oxygen atoms in total. The Bertz CT molecular complexity index is 555. The number of aryl methyl sites for hydroxylation is 1. The summed E-state index contributed by atoms with van der Waals surface area (Å²) >= 11 is 0. The quantitative estimate of drug-likeness (QED) is 0.834. The van der Waals surface area contributed by atoms with E-state index in [2.05, 4.69) is 4.72 Å². The number of hydrogen-bond donors (Lipinski definition) is 2. The van der Waals surface area contributed by atoms with Gasteiger partial charge in [-0.25, -0.2) is 17.5 Å². The van der Waals surface area contributed by atoms with Crippen molar-refractivity contribution in [3.05, 3.63) is 29.6 Å². The van der Waals surface area contributed by atoms with Gasteiger partial charge in [-0.15, -0.1) is 0 Å². The Morgan fingerprint density at radius 1 is 1.47 bits per heavy atom. The molecule has 19 heavy (non-hydrogen) atoms. The van der Waals surface area contributed by atoms with Crippen molar-refractivity contribution in [3.63, 3.8) is 0 Å². The Labute approximate surface area is 112 Å². The molecule has 1 unspecified atom stereocenters. The minimum atomic E-state index is -3.64. The van der Waals surface area contributed by atoms with E-state index in [0.717, 1.165) is 18.9 Å². The molecule has 1 atom stereocenters. The molecule has 0 aliphatic heterocycles. The predicted octanol–water partition coefficient (Wildman–Crippen LogP) is 1.57. The molecule has 2 rings (SSSR count). The van der Waals surface area contributed by atoms with Gasteiger partial charge in [-0.3, -0.25) is 0 Å². The molecule has 1 aliphatic rings. The zero-order valence-electron chi connectivity index (χ0n) is 10.8.